The van der Waals surface area contributed by atoms with Crippen molar-refractivity contribution >= 4 is 27.8 Å². The maximum Gasteiger partial charge on any atom is 0.308 e. The first kappa shape index (κ1) is 16.0. The molecule has 0 radical (unpaired) electrons. The molecular formula is C15H18BrNO4. The molecule has 1 aromatic rings. The van der Waals surface area contributed by atoms with Gasteiger partial charge >= 0.3 is 5.97 Å². The van der Waals surface area contributed by atoms with E-state index in [4.69, 9.17) is 4.74 Å². The fraction of sp³-hybridized carbons (Fsp3) is 0.467. The van der Waals surface area contributed by atoms with E-state index >= 15 is 0 Å². The number of morpholine rings is 1. The van der Waals surface area contributed by atoms with Gasteiger partial charge in [-0.3, -0.25) is 9.59 Å². The van der Waals surface area contributed by atoms with Gasteiger partial charge in [-0.2, -0.15) is 0 Å². The number of halogens is 1. The molecule has 1 fully saturated rings. The van der Waals surface area contributed by atoms with Gasteiger partial charge in [-0.05, 0) is 30.7 Å². The van der Waals surface area contributed by atoms with E-state index in [9.17, 15) is 9.59 Å². The molecule has 1 saturated heterocycles. The van der Waals surface area contributed by atoms with Gasteiger partial charge in [-0.15, -0.1) is 0 Å². The number of methoxy groups -OCH3 is 1. The van der Waals surface area contributed by atoms with Crippen molar-refractivity contribution < 1.29 is 19.1 Å². The first-order valence-corrected chi connectivity index (χ1v) is 7.54. The zero-order valence-corrected chi connectivity index (χ0v) is 13.7. The summed E-state index contributed by atoms with van der Waals surface area (Å²) in [7, 11) is 1.35. The molecule has 114 valence electrons. The molecule has 2 rings (SSSR count). The zero-order valence-electron chi connectivity index (χ0n) is 12.1. The molecule has 1 atom stereocenters. The van der Waals surface area contributed by atoms with Crippen molar-refractivity contribution in [3.8, 4) is 0 Å². The number of rotatable bonds is 3. The predicted molar refractivity (Wildman–Crippen MR) is 81.2 cm³/mol. The summed E-state index contributed by atoms with van der Waals surface area (Å²) in [6, 6.07) is 5.58. The predicted octanol–water partition coefficient (Wildman–Crippen LogP) is 2.16. The van der Waals surface area contributed by atoms with Crippen molar-refractivity contribution in [1.29, 1.82) is 0 Å². The average Bonchev–Trinajstić information content (AvgIpc) is 2.47. The van der Waals surface area contributed by atoms with E-state index in [1.807, 2.05) is 25.1 Å². The van der Waals surface area contributed by atoms with Crippen LogP contribution < -0.4 is 0 Å². The van der Waals surface area contributed by atoms with Crippen molar-refractivity contribution in [3.63, 3.8) is 0 Å². The number of carbonyl (C=O) groups is 2. The van der Waals surface area contributed by atoms with Crippen LogP contribution in [0.2, 0.25) is 0 Å². The average molecular weight is 356 g/mol. The molecule has 1 aliphatic rings. The molecule has 0 N–H and O–H groups in total. The minimum Gasteiger partial charge on any atom is -0.469 e. The minimum absolute atomic E-state index is 0.0295. The highest BCUT2D eigenvalue weighted by Gasteiger charge is 2.27. The first-order valence-electron chi connectivity index (χ1n) is 6.75. The molecule has 5 nitrogen and oxygen atoms in total. The van der Waals surface area contributed by atoms with Crippen LogP contribution in [0.1, 0.15) is 22.3 Å². The Hall–Kier alpha value is -1.40. The highest BCUT2D eigenvalue weighted by Crippen LogP contribution is 2.19. The van der Waals surface area contributed by atoms with Gasteiger partial charge < -0.3 is 14.4 Å². The second-order valence-electron chi connectivity index (χ2n) is 4.98. The van der Waals surface area contributed by atoms with Gasteiger partial charge in [0.1, 0.15) is 0 Å². The number of nitrogens with zero attached hydrogens (tertiary/aromatic N) is 1. The van der Waals surface area contributed by atoms with E-state index in [1.54, 1.807) is 4.90 Å². The molecule has 1 unspecified atom stereocenters. The van der Waals surface area contributed by atoms with Crippen LogP contribution in [0.5, 0.6) is 0 Å². The van der Waals surface area contributed by atoms with Crippen LogP contribution >= 0.6 is 15.9 Å². The lowest BCUT2D eigenvalue weighted by atomic mass is 10.1. The highest BCUT2D eigenvalue weighted by molar-refractivity contribution is 9.10. The van der Waals surface area contributed by atoms with Gasteiger partial charge in [0.25, 0.3) is 5.91 Å². The minimum atomic E-state index is -0.325. The summed E-state index contributed by atoms with van der Waals surface area (Å²) in [5, 5.41) is 0. The van der Waals surface area contributed by atoms with Gasteiger partial charge in [-0.1, -0.05) is 15.9 Å². The molecule has 0 saturated carbocycles. The van der Waals surface area contributed by atoms with Crippen LogP contribution in [0.15, 0.2) is 22.7 Å². The first-order chi connectivity index (χ1) is 10.0. The Morgan fingerprint density at radius 3 is 2.90 bits per heavy atom. The molecule has 0 bridgehead atoms. The lowest BCUT2D eigenvalue weighted by Gasteiger charge is -2.32. The Kier molecular flexibility index (Phi) is 5.36. The summed E-state index contributed by atoms with van der Waals surface area (Å²) >= 11 is 3.39. The lowest BCUT2D eigenvalue weighted by molar-refractivity contribution is -0.145. The molecule has 1 amide bonds. The van der Waals surface area contributed by atoms with Crippen LogP contribution in [-0.2, 0) is 14.3 Å². The Morgan fingerprint density at radius 2 is 2.24 bits per heavy atom. The van der Waals surface area contributed by atoms with Gasteiger partial charge in [0.2, 0.25) is 0 Å². The monoisotopic (exact) mass is 355 g/mol. The molecule has 21 heavy (non-hydrogen) atoms. The largest absolute Gasteiger partial charge is 0.469 e. The Bertz CT molecular complexity index is 546. The Morgan fingerprint density at radius 1 is 1.48 bits per heavy atom. The number of amides is 1. The topological polar surface area (TPSA) is 55.8 Å². The molecule has 0 aromatic heterocycles. The van der Waals surface area contributed by atoms with Crippen molar-refractivity contribution in [2.24, 2.45) is 0 Å². The molecular weight excluding hydrogens is 338 g/mol. The number of hydrogen-bond acceptors (Lipinski definition) is 4. The second-order valence-corrected chi connectivity index (χ2v) is 5.90. The molecule has 0 aliphatic carbocycles. The molecule has 0 spiro atoms. The summed E-state index contributed by atoms with van der Waals surface area (Å²) in [5.74, 6) is -0.354. The second kappa shape index (κ2) is 7.04. The molecule has 1 aromatic carbocycles. The molecule has 1 aliphatic heterocycles. The van der Waals surface area contributed by atoms with Gasteiger partial charge in [0.05, 0.1) is 26.2 Å². The summed E-state index contributed by atoms with van der Waals surface area (Å²) in [6.45, 7) is 3.28. The molecule has 6 heteroatoms. The SMILES string of the molecule is COC(=O)CC1CN(C(=O)c2ccc(Br)cc2C)CCO1. The number of carbonyl (C=O) groups excluding carboxylic acids is 2. The number of esters is 1. The van der Waals surface area contributed by atoms with Crippen molar-refractivity contribution in [3.05, 3.63) is 33.8 Å². The normalized spacial score (nSPS) is 18.4. The maximum atomic E-state index is 12.6. The van der Waals surface area contributed by atoms with Crippen LogP contribution in [0.4, 0.5) is 0 Å². The fourth-order valence-electron chi connectivity index (χ4n) is 2.33. The Balaban J connectivity index is 2.06. The highest BCUT2D eigenvalue weighted by atomic mass is 79.9. The summed E-state index contributed by atoms with van der Waals surface area (Å²) < 4.78 is 11.1. The summed E-state index contributed by atoms with van der Waals surface area (Å²) in [4.78, 5) is 25.6. The van der Waals surface area contributed by atoms with Crippen LogP contribution in [0.3, 0.4) is 0 Å². The smallest absolute Gasteiger partial charge is 0.308 e. The van der Waals surface area contributed by atoms with Crippen LogP contribution in [0.25, 0.3) is 0 Å². The van der Waals surface area contributed by atoms with E-state index in [-0.39, 0.29) is 24.4 Å². The summed E-state index contributed by atoms with van der Waals surface area (Å²) in [5.41, 5.74) is 1.60. The lowest BCUT2D eigenvalue weighted by Crippen LogP contribution is -2.46. The number of ether oxygens (including phenoxy) is 2. The zero-order chi connectivity index (χ0) is 15.4. The fourth-order valence-corrected chi connectivity index (χ4v) is 2.81. The Labute approximate surface area is 132 Å². The van der Waals surface area contributed by atoms with Crippen molar-refractivity contribution in [1.82, 2.24) is 4.90 Å². The standard InChI is InChI=1S/C15H18BrNO4/c1-10-7-11(16)3-4-13(10)15(19)17-5-6-21-12(9-17)8-14(18)20-2/h3-4,7,12H,5-6,8-9H2,1-2H3. The third-order valence-electron chi connectivity index (χ3n) is 3.47. The van der Waals surface area contributed by atoms with Gasteiger partial charge in [0, 0.05) is 23.1 Å². The third kappa shape index (κ3) is 4.04. The number of aryl methyl sites for hydroxylation is 1. The van der Waals surface area contributed by atoms with Crippen LogP contribution in [0, 0.1) is 6.92 Å². The van der Waals surface area contributed by atoms with E-state index in [0.717, 1.165) is 10.0 Å². The third-order valence-corrected chi connectivity index (χ3v) is 3.96. The van der Waals surface area contributed by atoms with E-state index in [0.29, 0.717) is 25.3 Å². The maximum absolute atomic E-state index is 12.6. The quantitative estimate of drug-likeness (QED) is 0.779. The van der Waals surface area contributed by atoms with E-state index in [2.05, 4.69) is 20.7 Å². The van der Waals surface area contributed by atoms with E-state index in [1.165, 1.54) is 7.11 Å². The van der Waals surface area contributed by atoms with Crippen LogP contribution in [-0.4, -0.2) is 49.7 Å². The number of hydrogen-bond donors (Lipinski definition) is 0. The van der Waals surface area contributed by atoms with Crippen molar-refractivity contribution in [2.45, 2.75) is 19.4 Å². The van der Waals surface area contributed by atoms with Gasteiger partial charge in [-0.25, -0.2) is 0 Å². The number of benzene rings is 1. The summed E-state index contributed by atoms with van der Waals surface area (Å²) in [6.07, 6.45) is -0.134. The molecule has 1 heterocycles. The van der Waals surface area contributed by atoms with Crippen molar-refractivity contribution in [2.75, 3.05) is 26.8 Å². The van der Waals surface area contributed by atoms with Gasteiger partial charge in [0.15, 0.2) is 0 Å². The van der Waals surface area contributed by atoms with E-state index < -0.39 is 0 Å².